The Labute approximate surface area is 94.1 Å². The molecule has 0 aliphatic heterocycles. The van der Waals surface area contributed by atoms with Crippen LogP contribution in [-0.2, 0) is 9.59 Å². The summed E-state index contributed by atoms with van der Waals surface area (Å²) >= 11 is 0. The quantitative estimate of drug-likeness (QED) is 0.262. The second kappa shape index (κ2) is 7.49. The normalized spacial score (nSPS) is 13.0. The van der Waals surface area contributed by atoms with Gasteiger partial charge in [-0.2, -0.15) is 0 Å². The van der Waals surface area contributed by atoms with Crippen LogP contribution in [0.15, 0.2) is 4.99 Å². The lowest BCUT2D eigenvalue weighted by atomic mass is 10.1. The summed E-state index contributed by atoms with van der Waals surface area (Å²) < 4.78 is 0. The fraction of sp³-hybridized carbons (Fsp3) is 0.667. The maximum Gasteiger partial charge on any atom is 0.326 e. The van der Waals surface area contributed by atoms with E-state index in [4.69, 9.17) is 10.8 Å². The number of hydrogen-bond acceptors (Lipinski definition) is 3. The number of amides is 1. The summed E-state index contributed by atoms with van der Waals surface area (Å²) in [6.07, 6.45) is 0.923. The SMILES string of the molecule is CN=C(N)NCCC[C@H](NC(C)=O)C(=O)O. The van der Waals surface area contributed by atoms with Crippen LogP contribution in [-0.4, -0.2) is 42.6 Å². The van der Waals surface area contributed by atoms with E-state index in [1.807, 2.05) is 0 Å². The number of nitrogens with one attached hydrogen (secondary N) is 2. The Balaban J connectivity index is 3.85. The van der Waals surface area contributed by atoms with Gasteiger partial charge in [0.05, 0.1) is 0 Å². The summed E-state index contributed by atoms with van der Waals surface area (Å²) in [5.74, 6) is -1.08. The van der Waals surface area contributed by atoms with Gasteiger partial charge in [0.15, 0.2) is 5.96 Å². The molecule has 0 saturated heterocycles. The Morgan fingerprint density at radius 1 is 1.50 bits per heavy atom. The lowest BCUT2D eigenvalue weighted by molar-refractivity contribution is -0.141. The van der Waals surface area contributed by atoms with Crippen molar-refractivity contribution in [3.8, 4) is 0 Å². The Morgan fingerprint density at radius 2 is 2.12 bits per heavy atom. The molecule has 0 unspecified atom stereocenters. The molecule has 5 N–H and O–H groups in total. The van der Waals surface area contributed by atoms with Crippen LogP contribution in [0.5, 0.6) is 0 Å². The average Bonchev–Trinajstić information content (AvgIpc) is 2.21. The van der Waals surface area contributed by atoms with Gasteiger partial charge in [-0.05, 0) is 12.8 Å². The number of nitrogens with zero attached hydrogens (tertiary/aromatic N) is 1. The number of carbonyl (C=O) groups excluding carboxylic acids is 1. The van der Waals surface area contributed by atoms with Gasteiger partial charge < -0.3 is 21.5 Å². The van der Waals surface area contributed by atoms with Gasteiger partial charge in [0.2, 0.25) is 5.91 Å². The number of carboxylic acids is 1. The minimum Gasteiger partial charge on any atom is -0.480 e. The predicted octanol–water partition coefficient (Wildman–Crippen LogP) is -1.11. The summed E-state index contributed by atoms with van der Waals surface area (Å²) in [7, 11) is 1.56. The van der Waals surface area contributed by atoms with E-state index in [-0.39, 0.29) is 5.91 Å². The molecule has 16 heavy (non-hydrogen) atoms. The molecule has 0 rings (SSSR count). The fourth-order valence-electron chi connectivity index (χ4n) is 1.10. The van der Waals surface area contributed by atoms with Crippen LogP contribution in [0.4, 0.5) is 0 Å². The van der Waals surface area contributed by atoms with Gasteiger partial charge in [-0.25, -0.2) is 4.79 Å². The van der Waals surface area contributed by atoms with Gasteiger partial charge >= 0.3 is 5.97 Å². The van der Waals surface area contributed by atoms with Crippen LogP contribution in [0.3, 0.4) is 0 Å². The lowest BCUT2D eigenvalue weighted by Crippen LogP contribution is -2.40. The molecule has 0 aromatic heterocycles. The van der Waals surface area contributed by atoms with E-state index in [0.717, 1.165) is 0 Å². The van der Waals surface area contributed by atoms with Crippen molar-refractivity contribution in [2.45, 2.75) is 25.8 Å². The number of rotatable bonds is 6. The van der Waals surface area contributed by atoms with Crippen molar-refractivity contribution >= 4 is 17.8 Å². The maximum absolute atomic E-state index is 10.7. The summed E-state index contributed by atoms with van der Waals surface area (Å²) in [6, 6.07) is -0.848. The van der Waals surface area contributed by atoms with Gasteiger partial charge in [0.25, 0.3) is 0 Å². The number of nitrogens with two attached hydrogens (primary N) is 1. The second-order valence-corrected chi connectivity index (χ2v) is 3.27. The summed E-state index contributed by atoms with van der Waals surface area (Å²) in [5, 5.41) is 13.9. The minimum absolute atomic E-state index is 0.311. The molecule has 1 amide bonds. The topological polar surface area (TPSA) is 117 Å². The Hall–Kier alpha value is -1.79. The first-order chi connectivity index (χ1) is 7.47. The molecule has 7 nitrogen and oxygen atoms in total. The van der Waals surface area contributed by atoms with E-state index >= 15 is 0 Å². The number of hydrogen-bond donors (Lipinski definition) is 4. The third-order valence-electron chi connectivity index (χ3n) is 1.89. The number of aliphatic imine (C=N–C) groups is 1. The third-order valence-corrected chi connectivity index (χ3v) is 1.89. The zero-order valence-electron chi connectivity index (χ0n) is 9.49. The Bertz CT molecular complexity index is 278. The van der Waals surface area contributed by atoms with E-state index in [2.05, 4.69) is 15.6 Å². The average molecular weight is 230 g/mol. The molecule has 0 fully saturated rings. The van der Waals surface area contributed by atoms with Crippen LogP contribution in [0.25, 0.3) is 0 Å². The molecule has 0 aliphatic carbocycles. The van der Waals surface area contributed by atoms with Gasteiger partial charge in [-0.3, -0.25) is 9.79 Å². The molecule has 92 valence electrons. The van der Waals surface area contributed by atoms with Crippen LogP contribution >= 0.6 is 0 Å². The monoisotopic (exact) mass is 230 g/mol. The first kappa shape index (κ1) is 14.2. The molecule has 0 heterocycles. The largest absolute Gasteiger partial charge is 0.480 e. The standard InChI is InChI=1S/C9H18N4O3/c1-6(14)13-7(8(15)16)4-3-5-12-9(10)11-2/h7H,3-5H2,1-2H3,(H,13,14)(H,15,16)(H3,10,11,12)/t7-/m0/s1. The number of carboxylic acid groups (broad SMARTS) is 1. The summed E-state index contributed by atoms with van der Waals surface area (Å²) in [4.78, 5) is 25.1. The van der Waals surface area contributed by atoms with Crippen molar-refractivity contribution in [3.63, 3.8) is 0 Å². The molecule has 1 atom stereocenters. The van der Waals surface area contributed by atoms with E-state index in [1.54, 1.807) is 7.05 Å². The van der Waals surface area contributed by atoms with Crippen molar-refractivity contribution < 1.29 is 14.7 Å². The second-order valence-electron chi connectivity index (χ2n) is 3.27. The molecule has 0 radical (unpaired) electrons. The summed E-state index contributed by atoms with van der Waals surface area (Å²) in [6.45, 7) is 1.81. The van der Waals surface area contributed by atoms with Crippen molar-refractivity contribution in [2.24, 2.45) is 10.7 Å². The van der Waals surface area contributed by atoms with Crippen LogP contribution in [0.1, 0.15) is 19.8 Å². The first-order valence-electron chi connectivity index (χ1n) is 4.93. The van der Waals surface area contributed by atoms with E-state index in [9.17, 15) is 9.59 Å². The lowest BCUT2D eigenvalue weighted by Gasteiger charge is -2.13. The molecule has 0 aromatic carbocycles. The highest BCUT2D eigenvalue weighted by Gasteiger charge is 2.17. The van der Waals surface area contributed by atoms with Crippen molar-refractivity contribution in [1.29, 1.82) is 0 Å². The number of carbonyl (C=O) groups is 2. The minimum atomic E-state index is -1.03. The van der Waals surface area contributed by atoms with E-state index in [1.165, 1.54) is 6.92 Å². The highest BCUT2D eigenvalue weighted by atomic mass is 16.4. The predicted molar refractivity (Wildman–Crippen MR) is 60.0 cm³/mol. The molecule has 0 spiro atoms. The van der Waals surface area contributed by atoms with Gasteiger partial charge in [-0.15, -0.1) is 0 Å². The zero-order valence-corrected chi connectivity index (χ0v) is 9.49. The molecule has 0 aromatic rings. The third kappa shape index (κ3) is 6.63. The van der Waals surface area contributed by atoms with E-state index < -0.39 is 12.0 Å². The van der Waals surface area contributed by atoms with Gasteiger partial charge in [0.1, 0.15) is 6.04 Å². The Morgan fingerprint density at radius 3 is 2.56 bits per heavy atom. The highest BCUT2D eigenvalue weighted by Crippen LogP contribution is 1.96. The Kier molecular flexibility index (Phi) is 6.66. The molecule has 7 heteroatoms. The van der Waals surface area contributed by atoms with Crippen molar-refractivity contribution in [2.75, 3.05) is 13.6 Å². The molecular weight excluding hydrogens is 212 g/mol. The maximum atomic E-state index is 10.7. The molecule has 0 bridgehead atoms. The molecule has 0 aliphatic rings. The number of guanidine groups is 1. The van der Waals surface area contributed by atoms with E-state index in [0.29, 0.717) is 25.3 Å². The summed E-state index contributed by atoms with van der Waals surface area (Å²) in [5.41, 5.74) is 5.38. The zero-order chi connectivity index (χ0) is 12.6. The van der Waals surface area contributed by atoms with Gasteiger partial charge in [-0.1, -0.05) is 0 Å². The highest BCUT2D eigenvalue weighted by molar-refractivity contribution is 5.82. The van der Waals surface area contributed by atoms with Crippen molar-refractivity contribution in [3.05, 3.63) is 0 Å². The van der Waals surface area contributed by atoms with Crippen molar-refractivity contribution in [1.82, 2.24) is 10.6 Å². The first-order valence-corrected chi connectivity index (χ1v) is 4.93. The van der Waals surface area contributed by atoms with Gasteiger partial charge in [0, 0.05) is 20.5 Å². The fourth-order valence-corrected chi connectivity index (χ4v) is 1.10. The smallest absolute Gasteiger partial charge is 0.326 e. The van der Waals surface area contributed by atoms with Crippen LogP contribution < -0.4 is 16.4 Å². The van der Waals surface area contributed by atoms with Crippen LogP contribution in [0.2, 0.25) is 0 Å². The van der Waals surface area contributed by atoms with Crippen LogP contribution in [0, 0.1) is 0 Å². The molecule has 0 saturated carbocycles. The molecular formula is C9H18N4O3. The number of aliphatic carboxylic acids is 1.